The number of carbonyl (C=O) groups is 2. The summed E-state index contributed by atoms with van der Waals surface area (Å²) in [4.78, 5) is 47.3. The van der Waals surface area contributed by atoms with Crippen molar-refractivity contribution in [1.29, 1.82) is 0 Å². The third-order valence-electron chi connectivity index (χ3n) is 3.57. The number of aromatic amines is 1. The SMILES string of the molecule is CC(=O)OC[C@H]1O[C@@H](n2ccc(=O)[nH]c2=O)[C@H](OC(C)=O)C1C(F)F. The summed E-state index contributed by atoms with van der Waals surface area (Å²) < 4.78 is 42.9. The van der Waals surface area contributed by atoms with Crippen LogP contribution in [0, 0.1) is 5.92 Å². The predicted octanol–water partition coefficient (Wildman–Crippen LogP) is -0.190. The van der Waals surface area contributed by atoms with E-state index in [-0.39, 0.29) is 0 Å². The highest BCUT2D eigenvalue weighted by Gasteiger charge is 2.52. The minimum Gasteiger partial charge on any atom is -0.463 e. The van der Waals surface area contributed by atoms with Gasteiger partial charge in [-0.15, -0.1) is 0 Å². The van der Waals surface area contributed by atoms with Gasteiger partial charge in [-0.1, -0.05) is 0 Å². The Hall–Kier alpha value is -2.56. The molecule has 0 saturated carbocycles. The fourth-order valence-electron chi connectivity index (χ4n) is 2.58. The van der Waals surface area contributed by atoms with Crippen molar-refractivity contribution in [3.8, 4) is 0 Å². The summed E-state index contributed by atoms with van der Waals surface area (Å²) in [6.07, 6.45) is -6.17. The number of hydrogen-bond donors (Lipinski definition) is 1. The van der Waals surface area contributed by atoms with Crippen molar-refractivity contribution in [3.05, 3.63) is 33.1 Å². The van der Waals surface area contributed by atoms with Gasteiger partial charge in [-0.05, 0) is 0 Å². The number of halogens is 2. The Kier molecular flexibility index (Phi) is 5.67. The molecule has 0 spiro atoms. The molecule has 0 aromatic carbocycles. The van der Waals surface area contributed by atoms with E-state index in [1.54, 1.807) is 0 Å². The Balaban J connectivity index is 2.41. The molecule has 2 rings (SSSR count). The van der Waals surface area contributed by atoms with Crippen LogP contribution in [0.4, 0.5) is 8.78 Å². The zero-order chi connectivity index (χ0) is 18.7. The number of ether oxygens (including phenoxy) is 3. The number of aromatic nitrogens is 2. The molecule has 0 radical (unpaired) electrons. The van der Waals surface area contributed by atoms with Crippen LogP contribution < -0.4 is 11.2 Å². The van der Waals surface area contributed by atoms with Gasteiger partial charge in [-0.2, -0.15) is 0 Å². The lowest BCUT2D eigenvalue weighted by Gasteiger charge is -2.23. The van der Waals surface area contributed by atoms with Crippen molar-refractivity contribution >= 4 is 11.9 Å². The third kappa shape index (κ3) is 4.29. The predicted molar refractivity (Wildman–Crippen MR) is 76.9 cm³/mol. The summed E-state index contributed by atoms with van der Waals surface area (Å²) in [6.45, 7) is 1.62. The van der Waals surface area contributed by atoms with Crippen molar-refractivity contribution in [3.63, 3.8) is 0 Å². The third-order valence-corrected chi connectivity index (χ3v) is 3.57. The van der Waals surface area contributed by atoms with E-state index in [1.165, 1.54) is 0 Å². The lowest BCUT2D eigenvalue weighted by atomic mass is 9.98. The van der Waals surface area contributed by atoms with E-state index in [0.29, 0.717) is 0 Å². The molecule has 1 N–H and O–H groups in total. The molecule has 0 amide bonds. The first-order valence-electron chi connectivity index (χ1n) is 7.26. The minimum absolute atomic E-state index is 0.503. The molecule has 4 atom stereocenters. The highest BCUT2D eigenvalue weighted by atomic mass is 19.3. The Labute approximate surface area is 139 Å². The molecule has 25 heavy (non-hydrogen) atoms. The van der Waals surface area contributed by atoms with E-state index in [2.05, 4.69) is 0 Å². The summed E-state index contributed by atoms with van der Waals surface area (Å²) >= 11 is 0. The average molecular weight is 362 g/mol. The molecule has 1 aromatic heterocycles. The van der Waals surface area contributed by atoms with E-state index in [1.807, 2.05) is 4.98 Å². The fraction of sp³-hybridized carbons (Fsp3) is 0.571. The Bertz CT molecular complexity index is 760. The van der Waals surface area contributed by atoms with Crippen LogP contribution in [0.5, 0.6) is 0 Å². The largest absolute Gasteiger partial charge is 0.463 e. The molecule has 138 valence electrons. The summed E-state index contributed by atoms with van der Waals surface area (Å²) in [6, 6.07) is 0.992. The number of alkyl halides is 2. The van der Waals surface area contributed by atoms with Gasteiger partial charge < -0.3 is 14.2 Å². The summed E-state index contributed by atoms with van der Waals surface area (Å²) in [5.74, 6) is -3.19. The molecule has 1 aliphatic heterocycles. The quantitative estimate of drug-likeness (QED) is 0.722. The summed E-state index contributed by atoms with van der Waals surface area (Å²) in [5, 5.41) is 0. The minimum atomic E-state index is -2.98. The number of nitrogens with zero attached hydrogens (tertiary/aromatic N) is 1. The highest BCUT2D eigenvalue weighted by molar-refractivity contribution is 5.66. The fourth-order valence-corrected chi connectivity index (χ4v) is 2.58. The lowest BCUT2D eigenvalue weighted by molar-refractivity contribution is -0.156. The van der Waals surface area contributed by atoms with Crippen molar-refractivity contribution in [2.45, 2.75) is 38.7 Å². The second-order valence-electron chi connectivity index (χ2n) is 5.37. The van der Waals surface area contributed by atoms with Crippen LogP contribution in [0.2, 0.25) is 0 Å². The first-order chi connectivity index (χ1) is 11.7. The molecule has 1 unspecified atom stereocenters. The monoisotopic (exact) mass is 362 g/mol. The maximum atomic E-state index is 13.5. The van der Waals surface area contributed by atoms with E-state index in [0.717, 1.165) is 30.7 Å². The Morgan fingerprint density at radius 2 is 2.00 bits per heavy atom. The number of hydrogen-bond acceptors (Lipinski definition) is 7. The van der Waals surface area contributed by atoms with Crippen molar-refractivity contribution < 1.29 is 32.6 Å². The zero-order valence-corrected chi connectivity index (χ0v) is 13.3. The normalized spacial score (nSPS) is 25.8. The molecule has 1 saturated heterocycles. The molecule has 0 bridgehead atoms. The number of esters is 2. The van der Waals surface area contributed by atoms with Crippen molar-refractivity contribution in [2.75, 3.05) is 6.61 Å². The van der Waals surface area contributed by atoms with Crippen LogP contribution in [-0.2, 0) is 23.8 Å². The van der Waals surface area contributed by atoms with Crippen LogP contribution in [0.25, 0.3) is 0 Å². The zero-order valence-electron chi connectivity index (χ0n) is 13.3. The first-order valence-corrected chi connectivity index (χ1v) is 7.26. The van der Waals surface area contributed by atoms with Crippen LogP contribution in [-0.4, -0.2) is 46.7 Å². The number of H-pyrrole nitrogens is 1. The maximum absolute atomic E-state index is 13.5. The molecular weight excluding hydrogens is 346 g/mol. The van der Waals surface area contributed by atoms with Gasteiger partial charge in [-0.3, -0.25) is 23.9 Å². The van der Waals surface area contributed by atoms with Gasteiger partial charge in [-0.25, -0.2) is 13.6 Å². The Morgan fingerprint density at radius 3 is 2.52 bits per heavy atom. The second kappa shape index (κ2) is 7.55. The molecule has 9 nitrogen and oxygen atoms in total. The van der Waals surface area contributed by atoms with Gasteiger partial charge in [0.25, 0.3) is 5.56 Å². The molecule has 1 aromatic rings. The maximum Gasteiger partial charge on any atom is 0.330 e. The van der Waals surface area contributed by atoms with Gasteiger partial charge in [0.1, 0.15) is 12.7 Å². The molecule has 2 heterocycles. The smallest absolute Gasteiger partial charge is 0.330 e. The first kappa shape index (κ1) is 18.8. The van der Waals surface area contributed by atoms with Gasteiger partial charge in [0, 0.05) is 26.1 Å². The van der Waals surface area contributed by atoms with Gasteiger partial charge >= 0.3 is 17.6 Å². The van der Waals surface area contributed by atoms with E-state index in [9.17, 15) is 28.0 Å². The van der Waals surface area contributed by atoms with Crippen LogP contribution in [0.15, 0.2) is 21.9 Å². The van der Waals surface area contributed by atoms with Gasteiger partial charge in [0.05, 0.1) is 5.92 Å². The van der Waals surface area contributed by atoms with Gasteiger partial charge in [0.15, 0.2) is 12.3 Å². The molecular formula is C14H16F2N2O7. The lowest BCUT2D eigenvalue weighted by Crippen LogP contribution is -2.40. The van der Waals surface area contributed by atoms with E-state index in [4.69, 9.17) is 14.2 Å². The summed E-state index contributed by atoms with van der Waals surface area (Å²) in [5.41, 5.74) is -1.61. The second-order valence-corrected chi connectivity index (χ2v) is 5.37. The molecule has 0 aliphatic carbocycles. The molecule has 1 fully saturated rings. The van der Waals surface area contributed by atoms with Crippen molar-refractivity contribution in [2.24, 2.45) is 5.92 Å². The number of carbonyl (C=O) groups excluding carboxylic acids is 2. The number of rotatable bonds is 5. The van der Waals surface area contributed by atoms with Crippen LogP contribution in [0.3, 0.4) is 0 Å². The molecule has 11 heteroatoms. The average Bonchev–Trinajstić information content (AvgIpc) is 2.82. The standard InChI is InChI=1S/C14H16F2N2O7/c1-6(19)23-5-8-10(12(15)16)11(24-7(2)20)13(25-8)18-4-3-9(21)17-14(18)22/h3-4,8,10-13H,5H2,1-2H3,(H,17,21,22)/t8-,10?,11-,13-/m1/s1. The van der Waals surface area contributed by atoms with E-state index >= 15 is 0 Å². The van der Waals surface area contributed by atoms with Crippen molar-refractivity contribution in [1.82, 2.24) is 9.55 Å². The van der Waals surface area contributed by atoms with Crippen LogP contribution >= 0.6 is 0 Å². The highest BCUT2D eigenvalue weighted by Crippen LogP contribution is 2.39. The van der Waals surface area contributed by atoms with Gasteiger partial charge in [0.2, 0.25) is 6.43 Å². The van der Waals surface area contributed by atoms with E-state index < -0.39 is 60.6 Å². The molecule has 1 aliphatic rings. The number of nitrogens with one attached hydrogen (secondary N) is 1. The summed E-state index contributed by atoms with van der Waals surface area (Å²) in [7, 11) is 0. The topological polar surface area (TPSA) is 117 Å². The van der Waals surface area contributed by atoms with Crippen LogP contribution in [0.1, 0.15) is 20.1 Å². The Morgan fingerprint density at radius 1 is 1.32 bits per heavy atom.